The van der Waals surface area contributed by atoms with Crippen molar-refractivity contribution in [3.63, 3.8) is 0 Å². The fourth-order valence-corrected chi connectivity index (χ4v) is 3.38. The Morgan fingerprint density at radius 2 is 2.00 bits per heavy atom. The van der Waals surface area contributed by atoms with Gasteiger partial charge in [-0.3, -0.25) is 9.20 Å². The maximum Gasteiger partial charge on any atom is 0.331 e. The van der Waals surface area contributed by atoms with E-state index in [2.05, 4.69) is 4.98 Å². The Balaban J connectivity index is 1.39. The number of rotatable bonds is 4. The van der Waals surface area contributed by atoms with E-state index in [0.29, 0.717) is 17.9 Å². The molecule has 0 aliphatic carbocycles. The quantitative estimate of drug-likeness (QED) is 0.514. The first kappa shape index (κ1) is 17.3. The van der Waals surface area contributed by atoms with E-state index < -0.39 is 5.97 Å². The van der Waals surface area contributed by atoms with Gasteiger partial charge in [-0.15, -0.1) is 0 Å². The van der Waals surface area contributed by atoms with Crippen LogP contribution < -0.4 is 4.90 Å². The number of aromatic nitrogens is 2. The first-order valence-corrected chi connectivity index (χ1v) is 8.87. The molecule has 0 unspecified atom stereocenters. The molecule has 1 amide bonds. The Kier molecular flexibility index (Phi) is 4.64. The summed E-state index contributed by atoms with van der Waals surface area (Å²) in [6, 6.07) is 13.2. The van der Waals surface area contributed by atoms with E-state index in [0.717, 1.165) is 17.7 Å². The number of anilines is 1. The number of fused-ring (bicyclic) bond motifs is 2. The highest BCUT2D eigenvalue weighted by Gasteiger charge is 2.24. The second kappa shape index (κ2) is 7.25. The number of amides is 1. The molecule has 27 heavy (non-hydrogen) atoms. The average Bonchev–Trinajstić information content (AvgIpc) is 3.25. The van der Waals surface area contributed by atoms with Gasteiger partial charge in [0.25, 0.3) is 5.91 Å². The number of pyridine rings is 1. The third-order valence-electron chi connectivity index (χ3n) is 4.43. The third-order valence-corrected chi connectivity index (χ3v) is 4.70. The van der Waals surface area contributed by atoms with Gasteiger partial charge in [-0.25, -0.2) is 9.78 Å². The smallest absolute Gasteiger partial charge is 0.331 e. The normalized spacial score (nSPS) is 13.3. The van der Waals surface area contributed by atoms with Crippen LogP contribution in [0, 0.1) is 0 Å². The molecule has 4 rings (SSSR count). The standard InChI is InChI=1S/C20H16ClN3O3/c21-20-16(23-11-4-3-7-17(23)22-20)8-9-19(26)27-13-18(25)24-12-10-14-5-1-2-6-15(14)24/h1-9,11H,10,12-13H2/b9-8+. The van der Waals surface area contributed by atoms with Gasteiger partial charge in [0, 0.05) is 24.5 Å². The molecule has 136 valence electrons. The van der Waals surface area contributed by atoms with Crippen LogP contribution in [0.15, 0.2) is 54.7 Å². The van der Waals surface area contributed by atoms with Crippen LogP contribution in [0.25, 0.3) is 11.7 Å². The Morgan fingerprint density at radius 1 is 1.19 bits per heavy atom. The van der Waals surface area contributed by atoms with Gasteiger partial charge >= 0.3 is 5.97 Å². The summed E-state index contributed by atoms with van der Waals surface area (Å²) in [5.41, 5.74) is 3.26. The van der Waals surface area contributed by atoms with Crippen molar-refractivity contribution < 1.29 is 14.3 Å². The van der Waals surface area contributed by atoms with Gasteiger partial charge in [-0.2, -0.15) is 0 Å². The zero-order valence-corrected chi connectivity index (χ0v) is 15.1. The molecule has 3 aromatic rings. The van der Waals surface area contributed by atoms with Crippen LogP contribution in [-0.4, -0.2) is 34.4 Å². The van der Waals surface area contributed by atoms with Crippen LogP contribution >= 0.6 is 11.6 Å². The molecule has 3 heterocycles. The minimum Gasteiger partial charge on any atom is -0.452 e. The Bertz CT molecular complexity index is 1060. The molecule has 1 aromatic carbocycles. The molecular formula is C20H16ClN3O3. The maximum absolute atomic E-state index is 12.4. The number of hydrogen-bond donors (Lipinski definition) is 0. The number of benzene rings is 1. The van der Waals surface area contributed by atoms with Gasteiger partial charge in [-0.05, 0) is 36.3 Å². The molecule has 1 aliphatic rings. The number of carbonyl (C=O) groups excluding carboxylic acids is 2. The predicted molar refractivity (Wildman–Crippen MR) is 103 cm³/mol. The monoisotopic (exact) mass is 381 g/mol. The van der Waals surface area contributed by atoms with Gasteiger partial charge in [0.15, 0.2) is 11.8 Å². The van der Waals surface area contributed by atoms with Crippen LogP contribution in [0.2, 0.25) is 5.15 Å². The maximum atomic E-state index is 12.4. The molecule has 0 radical (unpaired) electrons. The highest BCUT2D eigenvalue weighted by Crippen LogP contribution is 2.27. The molecule has 0 spiro atoms. The molecule has 6 nitrogen and oxygen atoms in total. The zero-order valence-electron chi connectivity index (χ0n) is 14.3. The van der Waals surface area contributed by atoms with Crippen LogP contribution in [0.4, 0.5) is 5.69 Å². The minimum atomic E-state index is -0.613. The van der Waals surface area contributed by atoms with Crippen molar-refractivity contribution in [2.24, 2.45) is 0 Å². The molecule has 0 atom stereocenters. The predicted octanol–water partition coefficient (Wildman–Crippen LogP) is 3.13. The number of imidazole rings is 1. The summed E-state index contributed by atoms with van der Waals surface area (Å²) in [6.45, 7) is 0.293. The summed E-state index contributed by atoms with van der Waals surface area (Å²) in [5.74, 6) is -0.854. The van der Waals surface area contributed by atoms with E-state index in [4.69, 9.17) is 16.3 Å². The summed E-state index contributed by atoms with van der Waals surface area (Å²) in [4.78, 5) is 30.2. The number of hydrogen-bond acceptors (Lipinski definition) is 4. The van der Waals surface area contributed by atoms with Crippen molar-refractivity contribution in [2.75, 3.05) is 18.1 Å². The highest BCUT2D eigenvalue weighted by atomic mass is 35.5. The lowest BCUT2D eigenvalue weighted by Crippen LogP contribution is -2.33. The SMILES string of the molecule is O=C(/C=C/c1c(Cl)nc2ccccn12)OCC(=O)N1CCc2ccccc21. The van der Waals surface area contributed by atoms with Gasteiger partial charge in [0.1, 0.15) is 5.65 Å². The molecule has 1 aliphatic heterocycles. The van der Waals surface area contributed by atoms with Crippen LogP contribution in [0.5, 0.6) is 0 Å². The van der Waals surface area contributed by atoms with E-state index >= 15 is 0 Å². The number of halogens is 1. The molecule has 2 aromatic heterocycles. The van der Waals surface area contributed by atoms with Gasteiger partial charge in [0.2, 0.25) is 0 Å². The summed E-state index contributed by atoms with van der Waals surface area (Å²) in [7, 11) is 0. The Hall–Kier alpha value is -3.12. The van der Waals surface area contributed by atoms with Crippen molar-refractivity contribution in [3.8, 4) is 0 Å². The van der Waals surface area contributed by atoms with Crippen molar-refractivity contribution >= 4 is 40.9 Å². The molecule has 0 saturated heterocycles. The fourth-order valence-electron chi connectivity index (χ4n) is 3.14. The van der Waals surface area contributed by atoms with Crippen molar-refractivity contribution in [1.82, 2.24) is 9.38 Å². The lowest BCUT2D eigenvalue weighted by Gasteiger charge is -2.16. The fraction of sp³-hybridized carbons (Fsp3) is 0.150. The Morgan fingerprint density at radius 3 is 2.89 bits per heavy atom. The molecule has 0 N–H and O–H groups in total. The first-order chi connectivity index (χ1) is 13.1. The second-order valence-electron chi connectivity index (χ2n) is 6.08. The lowest BCUT2D eigenvalue weighted by atomic mass is 10.2. The van der Waals surface area contributed by atoms with Crippen molar-refractivity contribution in [1.29, 1.82) is 0 Å². The molecule has 7 heteroatoms. The van der Waals surface area contributed by atoms with Gasteiger partial charge in [0.05, 0.1) is 5.69 Å². The lowest BCUT2D eigenvalue weighted by molar-refractivity contribution is -0.142. The minimum absolute atomic E-state index is 0.241. The van der Waals surface area contributed by atoms with Crippen LogP contribution in [0.3, 0.4) is 0 Å². The molecular weight excluding hydrogens is 366 g/mol. The number of carbonyl (C=O) groups is 2. The number of nitrogens with zero attached hydrogens (tertiary/aromatic N) is 3. The summed E-state index contributed by atoms with van der Waals surface area (Å²) in [5, 5.41) is 0.287. The van der Waals surface area contributed by atoms with E-state index in [1.54, 1.807) is 15.5 Å². The Labute approximate surface area is 160 Å². The number of ether oxygens (including phenoxy) is 1. The van der Waals surface area contributed by atoms with Crippen molar-refractivity contribution in [3.05, 3.63) is 71.1 Å². The third kappa shape index (κ3) is 3.44. The van der Waals surface area contributed by atoms with E-state index in [1.807, 2.05) is 42.5 Å². The van der Waals surface area contributed by atoms with Gasteiger partial charge in [-0.1, -0.05) is 35.9 Å². The topological polar surface area (TPSA) is 63.9 Å². The first-order valence-electron chi connectivity index (χ1n) is 8.49. The summed E-state index contributed by atoms with van der Waals surface area (Å²) < 4.78 is 6.85. The van der Waals surface area contributed by atoms with Crippen LogP contribution in [0.1, 0.15) is 11.3 Å². The summed E-state index contributed by atoms with van der Waals surface area (Å²) >= 11 is 6.12. The second-order valence-corrected chi connectivity index (χ2v) is 6.44. The van der Waals surface area contributed by atoms with Crippen molar-refractivity contribution in [2.45, 2.75) is 6.42 Å². The van der Waals surface area contributed by atoms with Gasteiger partial charge < -0.3 is 9.64 Å². The average molecular weight is 382 g/mol. The molecule has 0 bridgehead atoms. The molecule has 0 saturated carbocycles. The summed E-state index contributed by atoms with van der Waals surface area (Å²) in [6.07, 6.45) is 5.38. The number of para-hydroxylation sites is 1. The van der Waals surface area contributed by atoms with E-state index in [1.165, 1.54) is 12.2 Å². The van der Waals surface area contributed by atoms with Crippen LogP contribution in [-0.2, 0) is 20.7 Å². The highest BCUT2D eigenvalue weighted by molar-refractivity contribution is 6.31. The van der Waals surface area contributed by atoms with E-state index in [-0.39, 0.29) is 17.7 Å². The zero-order chi connectivity index (χ0) is 18.8. The molecule has 0 fully saturated rings. The largest absolute Gasteiger partial charge is 0.452 e. The number of esters is 1. The van der Waals surface area contributed by atoms with E-state index in [9.17, 15) is 9.59 Å².